The Balaban J connectivity index is 0.000000671. The highest BCUT2D eigenvalue weighted by Gasteiger charge is 2.01. The van der Waals surface area contributed by atoms with Crippen LogP contribution in [0.5, 0.6) is 0 Å². The summed E-state index contributed by atoms with van der Waals surface area (Å²) in [5, 5.41) is 3.43. The Bertz CT molecular complexity index is 272. The highest BCUT2D eigenvalue weighted by atomic mass is 35.5. The summed E-state index contributed by atoms with van der Waals surface area (Å²) >= 11 is 5.79. The van der Waals surface area contributed by atoms with Gasteiger partial charge < -0.3 is 5.32 Å². The molecule has 0 fully saturated rings. The van der Waals surface area contributed by atoms with Gasteiger partial charge in [0.1, 0.15) is 0 Å². The normalized spacial score (nSPS) is 8.31. The number of pyridine rings is 1. The third-order valence-electron chi connectivity index (χ3n) is 1.41. The lowest BCUT2D eigenvalue weighted by Crippen LogP contribution is -1.93. The minimum Gasteiger partial charge on any atom is -0.385 e. The summed E-state index contributed by atoms with van der Waals surface area (Å²) in [7, 11) is 1.80. The van der Waals surface area contributed by atoms with Crippen LogP contribution in [0, 0.1) is 0 Å². The Kier molecular flexibility index (Phi) is 5.98. The molecule has 0 atom stereocenters. The van der Waals surface area contributed by atoms with Crippen molar-refractivity contribution in [2.75, 3.05) is 12.4 Å². The highest BCUT2D eigenvalue weighted by molar-refractivity contribution is 6.32. The van der Waals surface area contributed by atoms with E-state index in [2.05, 4.69) is 16.9 Å². The summed E-state index contributed by atoms with van der Waals surface area (Å²) < 4.78 is 0. The van der Waals surface area contributed by atoms with Crippen LogP contribution in [0.15, 0.2) is 18.8 Å². The third kappa shape index (κ3) is 3.07. The lowest BCUT2D eigenvalue weighted by Gasteiger charge is -2.04. The maximum Gasteiger partial charge on any atom is 0.152 e. The fraction of sp³-hybridized carbons (Fsp3) is 0.300. The van der Waals surface area contributed by atoms with Crippen molar-refractivity contribution in [2.45, 2.75) is 13.8 Å². The quantitative estimate of drug-likeness (QED) is 0.737. The van der Waals surface area contributed by atoms with Crippen molar-refractivity contribution in [1.82, 2.24) is 4.98 Å². The molecule has 0 radical (unpaired) electrons. The van der Waals surface area contributed by atoms with Crippen LogP contribution in [0.3, 0.4) is 0 Å². The topological polar surface area (TPSA) is 24.9 Å². The summed E-state index contributed by atoms with van der Waals surface area (Å²) in [5.41, 5.74) is 1.79. The number of anilines is 1. The molecule has 1 aromatic heterocycles. The predicted molar refractivity (Wildman–Crippen MR) is 60.2 cm³/mol. The van der Waals surface area contributed by atoms with Crippen molar-refractivity contribution in [1.29, 1.82) is 0 Å². The van der Waals surface area contributed by atoms with Gasteiger partial charge in [-0.3, -0.25) is 0 Å². The van der Waals surface area contributed by atoms with E-state index in [1.807, 2.05) is 19.9 Å². The molecular weight excluding hydrogens is 184 g/mol. The van der Waals surface area contributed by atoms with Gasteiger partial charge in [-0.1, -0.05) is 38.1 Å². The van der Waals surface area contributed by atoms with Gasteiger partial charge in [0.05, 0.1) is 5.69 Å². The lowest BCUT2D eigenvalue weighted by molar-refractivity contribution is 1.30. The Morgan fingerprint density at radius 3 is 2.54 bits per heavy atom. The fourth-order valence-corrected chi connectivity index (χ4v) is 1.13. The molecule has 0 aliphatic rings. The van der Waals surface area contributed by atoms with Crippen LogP contribution in [-0.2, 0) is 0 Å². The van der Waals surface area contributed by atoms with E-state index >= 15 is 0 Å². The van der Waals surface area contributed by atoms with Crippen LogP contribution < -0.4 is 5.32 Å². The zero-order chi connectivity index (χ0) is 10.3. The molecule has 1 rings (SSSR count). The van der Waals surface area contributed by atoms with Gasteiger partial charge in [0.25, 0.3) is 0 Å². The van der Waals surface area contributed by atoms with E-state index in [9.17, 15) is 0 Å². The second kappa shape index (κ2) is 6.49. The third-order valence-corrected chi connectivity index (χ3v) is 1.69. The number of hydrogen-bond acceptors (Lipinski definition) is 2. The molecule has 2 nitrogen and oxygen atoms in total. The van der Waals surface area contributed by atoms with Crippen molar-refractivity contribution in [2.24, 2.45) is 0 Å². The summed E-state index contributed by atoms with van der Waals surface area (Å²) in [6, 6.07) is 1.85. The van der Waals surface area contributed by atoms with Crippen LogP contribution >= 0.6 is 11.6 Å². The number of nitrogens with zero attached hydrogens (tertiary/aromatic N) is 1. The van der Waals surface area contributed by atoms with Crippen LogP contribution in [-0.4, -0.2) is 12.0 Å². The first-order valence-corrected chi connectivity index (χ1v) is 4.62. The average Bonchev–Trinajstić information content (AvgIpc) is 2.20. The number of halogens is 1. The minimum absolute atomic E-state index is 0.477. The molecule has 72 valence electrons. The van der Waals surface area contributed by atoms with Gasteiger partial charge >= 0.3 is 0 Å². The van der Waals surface area contributed by atoms with Gasteiger partial charge in [-0.15, -0.1) is 0 Å². The molecule has 1 aromatic rings. The van der Waals surface area contributed by atoms with Crippen molar-refractivity contribution in [3.63, 3.8) is 0 Å². The molecule has 1 heterocycles. The maximum atomic E-state index is 5.79. The summed E-state index contributed by atoms with van der Waals surface area (Å²) in [6.07, 6.45) is 3.39. The first-order valence-electron chi connectivity index (χ1n) is 4.24. The second-order valence-corrected chi connectivity index (χ2v) is 2.38. The molecule has 0 aliphatic heterocycles. The number of nitrogens with one attached hydrogen (secondary N) is 1. The van der Waals surface area contributed by atoms with Crippen molar-refractivity contribution in [3.8, 4) is 0 Å². The molecule has 0 saturated heterocycles. The molecular formula is C10H15ClN2. The Labute approximate surface area is 84.6 Å². The van der Waals surface area contributed by atoms with Gasteiger partial charge in [0.15, 0.2) is 5.15 Å². The second-order valence-electron chi connectivity index (χ2n) is 2.02. The van der Waals surface area contributed by atoms with E-state index in [1.165, 1.54) is 0 Å². The largest absolute Gasteiger partial charge is 0.385 e. The lowest BCUT2D eigenvalue weighted by atomic mass is 10.2. The van der Waals surface area contributed by atoms with E-state index < -0.39 is 0 Å². The van der Waals surface area contributed by atoms with Crippen LogP contribution in [0.4, 0.5) is 5.69 Å². The molecule has 0 unspecified atom stereocenters. The van der Waals surface area contributed by atoms with Gasteiger partial charge in [0.2, 0.25) is 0 Å². The molecule has 0 aromatic carbocycles. The molecule has 0 spiro atoms. The van der Waals surface area contributed by atoms with E-state index in [4.69, 9.17) is 11.6 Å². The molecule has 0 amide bonds. The maximum absolute atomic E-state index is 5.79. The van der Waals surface area contributed by atoms with Gasteiger partial charge in [-0.2, -0.15) is 0 Å². The number of aromatic nitrogens is 1. The fourth-order valence-electron chi connectivity index (χ4n) is 0.868. The molecule has 0 bridgehead atoms. The van der Waals surface area contributed by atoms with E-state index in [-0.39, 0.29) is 0 Å². The molecule has 0 aliphatic carbocycles. The molecule has 3 heteroatoms. The minimum atomic E-state index is 0.477. The zero-order valence-corrected chi connectivity index (χ0v) is 9.02. The van der Waals surface area contributed by atoms with E-state index in [0.717, 1.165) is 11.3 Å². The van der Waals surface area contributed by atoms with Gasteiger partial charge in [-0.25, -0.2) is 4.98 Å². The van der Waals surface area contributed by atoms with Crippen molar-refractivity contribution >= 4 is 23.4 Å². The number of hydrogen-bond donors (Lipinski definition) is 1. The van der Waals surface area contributed by atoms with Crippen molar-refractivity contribution < 1.29 is 0 Å². The summed E-state index contributed by atoms with van der Waals surface area (Å²) in [5.74, 6) is 0. The monoisotopic (exact) mass is 198 g/mol. The predicted octanol–water partition coefficient (Wildman–Crippen LogP) is 3.45. The highest BCUT2D eigenvalue weighted by Crippen LogP contribution is 2.23. The average molecular weight is 199 g/mol. The van der Waals surface area contributed by atoms with Crippen molar-refractivity contribution in [3.05, 3.63) is 29.6 Å². The van der Waals surface area contributed by atoms with Crippen LogP contribution in [0.2, 0.25) is 5.15 Å². The standard InChI is InChI=1S/C8H9ClN2.C2H6/c1-3-6-4-5-11-8(9)7(6)10-2;1-2/h3-5,10H,1H2,2H3;1-2H3. The Morgan fingerprint density at radius 2 is 2.15 bits per heavy atom. The smallest absolute Gasteiger partial charge is 0.152 e. The zero-order valence-electron chi connectivity index (χ0n) is 8.26. The van der Waals surface area contributed by atoms with E-state index in [1.54, 1.807) is 19.3 Å². The molecule has 13 heavy (non-hydrogen) atoms. The van der Waals surface area contributed by atoms with Crippen LogP contribution in [0.25, 0.3) is 6.08 Å². The first-order chi connectivity index (χ1) is 6.29. The van der Waals surface area contributed by atoms with Crippen LogP contribution in [0.1, 0.15) is 19.4 Å². The van der Waals surface area contributed by atoms with Gasteiger partial charge in [-0.05, 0) is 6.07 Å². The summed E-state index contributed by atoms with van der Waals surface area (Å²) in [6.45, 7) is 7.65. The SMILES string of the molecule is C=Cc1ccnc(Cl)c1NC.CC. The molecule has 0 saturated carbocycles. The van der Waals surface area contributed by atoms with E-state index in [0.29, 0.717) is 5.15 Å². The summed E-state index contributed by atoms with van der Waals surface area (Å²) in [4.78, 5) is 3.91. The Hall–Kier alpha value is -1.02. The Morgan fingerprint density at radius 1 is 1.54 bits per heavy atom. The van der Waals surface area contributed by atoms with Gasteiger partial charge in [0, 0.05) is 18.8 Å². The first kappa shape index (κ1) is 12.0. The number of rotatable bonds is 2. The molecule has 1 N–H and O–H groups in total.